The van der Waals surface area contributed by atoms with Gasteiger partial charge in [-0.05, 0) is 12.0 Å². The number of aromatic nitrogens is 2. The summed E-state index contributed by atoms with van der Waals surface area (Å²) in [5.41, 5.74) is -0.0569. The highest BCUT2D eigenvalue weighted by Gasteiger charge is 2.24. The van der Waals surface area contributed by atoms with Gasteiger partial charge in [-0.25, -0.2) is 4.79 Å². The van der Waals surface area contributed by atoms with Gasteiger partial charge in [0.05, 0.1) is 22.2 Å². The molecule has 0 amide bonds. The zero-order valence-electron chi connectivity index (χ0n) is 13.2. The number of ether oxygens (including phenoxy) is 2. The molecule has 0 N–H and O–H groups in total. The molecule has 0 saturated carbocycles. The smallest absolute Gasteiger partial charge is 0.343 e. The number of carbonyl (C=O) groups is 1. The summed E-state index contributed by atoms with van der Waals surface area (Å²) >= 11 is 18.1. The normalized spacial score (nSPS) is 11.0. The molecule has 0 aliphatic carbocycles. The molecular weight excluding hydrogens is 379 g/mol. The number of hydrogen-bond donors (Lipinski definition) is 0. The number of carbonyl (C=O) groups excluding carboxylic acids is 1. The van der Waals surface area contributed by atoms with Gasteiger partial charge >= 0.3 is 5.97 Å². The summed E-state index contributed by atoms with van der Waals surface area (Å²) < 4.78 is 15.4. The minimum atomic E-state index is -0.717. The number of hydrogen-bond acceptors (Lipinski definition) is 6. The second-order valence-electron chi connectivity index (χ2n) is 5.34. The fourth-order valence-corrected chi connectivity index (χ4v) is 2.67. The van der Waals surface area contributed by atoms with Gasteiger partial charge < -0.3 is 14.0 Å². The Morgan fingerprint density at radius 2 is 2.00 bits per heavy atom. The molecule has 0 fully saturated rings. The van der Waals surface area contributed by atoms with Crippen LogP contribution in [0.2, 0.25) is 15.1 Å². The van der Waals surface area contributed by atoms with E-state index >= 15 is 0 Å². The Hall–Kier alpha value is -1.50. The van der Waals surface area contributed by atoms with Crippen molar-refractivity contribution >= 4 is 40.8 Å². The molecule has 2 aromatic rings. The van der Waals surface area contributed by atoms with Crippen molar-refractivity contribution in [1.82, 2.24) is 10.1 Å². The van der Waals surface area contributed by atoms with Crippen LogP contribution >= 0.6 is 34.8 Å². The Morgan fingerprint density at radius 1 is 1.29 bits per heavy atom. The second-order valence-corrected chi connectivity index (χ2v) is 6.53. The van der Waals surface area contributed by atoms with E-state index in [1.54, 1.807) is 0 Å². The average Bonchev–Trinajstić information content (AvgIpc) is 2.95. The highest BCUT2D eigenvalue weighted by Crippen LogP contribution is 2.39. The van der Waals surface area contributed by atoms with Crippen molar-refractivity contribution in [2.75, 3.05) is 7.11 Å². The molecule has 6 nitrogen and oxygen atoms in total. The standard InChI is InChI=1S/C15H15Cl3N2O4/c1-7(2)4-10-19-11(24-20-10)6-23-14-9(17)5-8(16)13(18)12(14)15(21)22-3/h5,7H,4,6H2,1-3H3. The Labute approximate surface area is 154 Å². The number of nitrogens with zero attached hydrogens (tertiary/aromatic N) is 2. The number of esters is 1. The first-order valence-corrected chi connectivity index (χ1v) is 8.17. The number of benzene rings is 1. The predicted molar refractivity (Wildman–Crippen MR) is 90.0 cm³/mol. The van der Waals surface area contributed by atoms with Crippen molar-refractivity contribution in [2.24, 2.45) is 5.92 Å². The molecule has 24 heavy (non-hydrogen) atoms. The van der Waals surface area contributed by atoms with E-state index in [9.17, 15) is 4.79 Å². The third-order valence-electron chi connectivity index (χ3n) is 2.96. The van der Waals surface area contributed by atoms with Crippen molar-refractivity contribution in [3.63, 3.8) is 0 Å². The van der Waals surface area contributed by atoms with Gasteiger partial charge in [-0.15, -0.1) is 0 Å². The summed E-state index contributed by atoms with van der Waals surface area (Å²) in [6.07, 6.45) is 0.685. The first-order valence-electron chi connectivity index (χ1n) is 7.03. The lowest BCUT2D eigenvalue weighted by Gasteiger charge is -2.13. The van der Waals surface area contributed by atoms with Crippen molar-refractivity contribution < 1.29 is 18.8 Å². The number of methoxy groups -OCH3 is 1. The summed E-state index contributed by atoms with van der Waals surface area (Å²) in [5, 5.41) is 4.09. The molecule has 1 aromatic carbocycles. The maximum Gasteiger partial charge on any atom is 0.343 e. The van der Waals surface area contributed by atoms with E-state index < -0.39 is 5.97 Å². The van der Waals surface area contributed by atoms with Crippen LogP contribution in [0.4, 0.5) is 0 Å². The predicted octanol–water partition coefficient (Wildman–Crippen LogP) is 4.59. The highest BCUT2D eigenvalue weighted by atomic mass is 35.5. The van der Waals surface area contributed by atoms with Crippen molar-refractivity contribution in [3.8, 4) is 5.75 Å². The van der Waals surface area contributed by atoms with E-state index in [4.69, 9.17) is 48.8 Å². The molecule has 0 bridgehead atoms. The Kier molecular flexibility index (Phi) is 6.32. The van der Waals surface area contributed by atoms with E-state index in [0.29, 0.717) is 18.2 Å². The third-order valence-corrected chi connectivity index (χ3v) is 4.03. The maximum atomic E-state index is 11.9. The lowest BCUT2D eigenvalue weighted by Crippen LogP contribution is -2.08. The van der Waals surface area contributed by atoms with E-state index in [2.05, 4.69) is 10.1 Å². The van der Waals surface area contributed by atoms with Crippen LogP contribution in [0.1, 0.15) is 35.9 Å². The first kappa shape index (κ1) is 18.8. The fourth-order valence-electron chi connectivity index (χ4n) is 1.93. The monoisotopic (exact) mass is 392 g/mol. The summed E-state index contributed by atoms with van der Waals surface area (Å²) in [7, 11) is 1.22. The maximum absolute atomic E-state index is 11.9. The molecule has 0 saturated heterocycles. The minimum absolute atomic E-state index is 0.00561. The first-order chi connectivity index (χ1) is 11.3. The largest absolute Gasteiger partial charge is 0.481 e. The summed E-state index contributed by atoms with van der Waals surface area (Å²) in [6, 6.07) is 1.38. The van der Waals surface area contributed by atoms with Gasteiger partial charge in [0.25, 0.3) is 5.89 Å². The van der Waals surface area contributed by atoms with Gasteiger partial charge in [-0.2, -0.15) is 4.98 Å². The molecular formula is C15H15Cl3N2O4. The Morgan fingerprint density at radius 3 is 2.62 bits per heavy atom. The molecule has 0 spiro atoms. The molecule has 0 aliphatic rings. The molecule has 0 unspecified atom stereocenters. The zero-order valence-corrected chi connectivity index (χ0v) is 15.5. The van der Waals surface area contributed by atoms with Crippen molar-refractivity contribution in [3.05, 3.63) is 38.4 Å². The van der Waals surface area contributed by atoms with Crippen LogP contribution in [0.3, 0.4) is 0 Å². The molecule has 1 heterocycles. The van der Waals surface area contributed by atoms with E-state index in [1.165, 1.54) is 13.2 Å². The number of rotatable bonds is 6. The highest BCUT2D eigenvalue weighted by molar-refractivity contribution is 6.45. The van der Waals surface area contributed by atoms with Gasteiger partial charge in [0, 0.05) is 6.42 Å². The van der Waals surface area contributed by atoms with Crippen molar-refractivity contribution in [2.45, 2.75) is 26.9 Å². The van der Waals surface area contributed by atoms with Gasteiger partial charge in [-0.1, -0.05) is 53.8 Å². The fraction of sp³-hybridized carbons (Fsp3) is 0.400. The summed E-state index contributed by atoms with van der Waals surface area (Å²) in [4.78, 5) is 16.1. The van der Waals surface area contributed by atoms with E-state index in [1.807, 2.05) is 13.8 Å². The van der Waals surface area contributed by atoms with Crippen LogP contribution in [0.25, 0.3) is 0 Å². The topological polar surface area (TPSA) is 74.5 Å². The third kappa shape index (κ3) is 4.32. The molecule has 9 heteroatoms. The average molecular weight is 394 g/mol. The van der Waals surface area contributed by atoms with Gasteiger partial charge in [-0.3, -0.25) is 0 Å². The van der Waals surface area contributed by atoms with Crippen molar-refractivity contribution in [1.29, 1.82) is 0 Å². The Balaban J connectivity index is 2.24. The van der Waals surface area contributed by atoms with Crippen LogP contribution in [-0.4, -0.2) is 23.2 Å². The second kappa shape index (κ2) is 8.05. The van der Waals surface area contributed by atoms with Crippen LogP contribution in [0.15, 0.2) is 10.6 Å². The summed E-state index contributed by atoms with van der Waals surface area (Å²) in [6.45, 7) is 4.02. The van der Waals surface area contributed by atoms with E-state index in [-0.39, 0.29) is 38.9 Å². The van der Waals surface area contributed by atoms with Gasteiger partial charge in [0.2, 0.25) is 0 Å². The minimum Gasteiger partial charge on any atom is -0.481 e. The lowest BCUT2D eigenvalue weighted by atomic mass is 10.1. The molecule has 0 radical (unpaired) electrons. The van der Waals surface area contributed by atoms with Crippen LogP contribution in [0.5, 0.6) is 5.75 Å². The molecule has 130 valence electrons. The molecule has 1 aromatic heterocycles. The van der Waals surface area contributed by atoms with Gasteiger partial charge in [0.1, 0.15) is 5.56 Å². The number of halogens is 3. The van der Waals surface area contributed by atoms with Gasteiger partial charge in [0.15, 0.2) is 18.2 Å². The van der Waals surface area contributed by atoms with Crippen LogP contribution < -0.4 is 4.74 Å². The SMILES string of the molecule is COC(=O)c1c(Cl)c(Cl)cc(Cl)c1OCc1nc(CC(C)C)no1. The zero-order chi connectivity index (χ0) is 17.9. The molecule has 0 aliphatic heterocycles. The Bertz CT molecular complexity index is 747. The summed E-state index contributed by atoms with van der Waals surface area (Å²) in [5.74, 6) is 0.555. The van der Waals surface area contributed by atoms with Crippen LogP contribution in [0, 0.1) is 5.92 Å². The van der Waals surface area contributed by atoms with E-state index in [0.717, 1.165) is 0 Å². The molecule has 0 atom stereocenters. The quantitative estimate of drug-likeness (QED) is 0.527. The molecule has 2 rings (SSSR count). The van der Waals surface area contributed by atoms with Crippen LogP contribution in [-0.2, 0) is 17.8 Å². The lowest BCUT2D eigenvalue weighted by molar-refractivity contribution is 0.0595.